The van der Waals surface area contributed by atoms with Gasteiger partial charge in [-0.05, 0) is 69.0 Å². The van der Waals surface area contributed by atoms with Gasteiger partial charge in [0.15, 0.2) is 0 Å². The number of para-hydroxylation sites is 1. The van der Waals surface area contributed by atoms with Gasteiger partial charge in [0.2, 0.25) is 0 Å². The monoisotopic (exact) mass is 396 g/mol. The Kier molecular flexibility index (Phi) is 9.42. The lowest BCUT2D eigenvalue weighted by molar-refractivity contribution is -0.139. The summed E-state index contributed by atoms with van der Waals surface area (Å²) in [6.45, 7) is 6.29. The third-order valence-corrected chi connectivity index (χ3v) is 4.08. The van der Waals surface area contributed by atoms with Crippen molar-refractivity contribution in [2.24, 2.45) is 10.2 Å². The molecule has 6 heteroatoms. The molecular weight excluding hydrogens is 368 g/mol. The van der Waals surface area contributed by atoms with Crippen LogP contribution in [0, 0.1) is 0 Å². The first kappa shape index (κ1) is 22.1. The van der Waals surface area contributed by atoms with Crippen LogP contribution in [0.4, 0.5) is 11.4 Å². The molecule has 0 radical (unpaired) electrons. The average Bonchev–Trinajstić information content (AvgIpc) is 2.74. The standard InChI is InChI=1S/C23H28N2O4/c1-18(2)23(26)29-17-9-5-4-8-16-28-20-14-12-19(13-15-20)24-25-21-10-6-7-11-22(21)27-3/h6-7,10-15H,1,4-5,8-9,16-17H2,2-3H3. The first-order valence-corrected chi connectivity index (χ1v) is 9.70. The molecule has 6 nitrogen and oxygen atoms in total. The molecule has 0 bridgehead atoms. The predicted molar refractivity (Wildman–Crippen MR) is 113 cm³/mol. The first-order chi connectivity index (χ1) is 14.1. The molecule has 154 valence electrons. The highest BCUT2D eigenvalue weighted by atomic mass is 16.5. The molecule has 0 spiro atoms. The van der Waals surface area contributed by atoms with E-state index in [2.05, 4.69) is 16.8 Å². The second-order valence-corrected chi connectivity index (χ2v) is 6.54. The van der Waals surface area contributed by atoms with Gasteiger partial charge in [-0.2, -0.15) is 5.11 Å². The fourth-order valence-electron chi connectivity index (χ4n) is 2.47. The first-order valence-electron chi connectivity index (χ1n) is 9.70. The lowest BCUT2D eigenvalue weighted by Gasteiger charge is -2.07. The molecule has 0 saturated heterocycles. The molecule has 0 fully saturated rings. The van der Waals surface area contributed by atoms with Crippen LogP contribution >= 0.6 is 0 Å². The summed E-state index contributed by atoms with van der Waals surface area (Å²) in [5.41, 5.74) is 1.86. The van der Waals surface area contributed by atoms with Crippen molar-refractivity contribution in [2.75, 3.05) is 20.3 Å². The van der Waals surface area contributed by atoms with Gasteiger partial charge in [0, 0.05) is 5.57 Å². The number of hydrogen-bond donors (Lipinski definition) is 0. The van der Waals surface area contributed by atoms with Crippen LogP contribution in [-0.4, -0.2) is 26.3 Å². The number of ether oxygens (including phenoxy) is 3. The van der Waals surface area contributed by atoms with E-state index in [0.29, 0.717) is 30.2 Å². The number of nitrogens with zero attached hydrogens (tertiary/aromatic N) is 2. The summed E-state index contributed by atoms with van der Waals surface area (Å²) in [5, 5.41) is 8.47. The molecule has 2 rings (SSSR count). The maximum atomic E-state index is 11.2. The molecule has 0 unspecified atom stereocenters. The van der Waals surface area contributed by atoms with Crippen LogP contribution in [0.5, 0.6) is 11.5 Å². The zero-order valence-electron chi connectivity index (χ0n) is 17.1. The zero-order valence-corrected chi connectivity index (χ0v) is 17.1. The molecule has 0 aliphatic heterocycles. The van der Waals surface area contributed by atoms with Gasteiger partial charge in [-0.3, -0.25) is 0 Å². The number of benzene rings is 2. The Labute approximate surface area is 172 Å². The van der Waals surface area contributed by atoms with E-state index >= 15 is 0 Å². The number of rotatable bonds is 12. The largest absolute Gasteiger partial charge is 0.494 e. The number of unbranched alkanes of at least 4 members (excludes halogenated alkanes) is 3. The summed E-state index contributed by atoms with van der Waals surface area (Å²) < 4.78 is 16.1. The molecule has 0 saturated carbocycles. The van der Waals surface area contributed by atoms with Crippen LogP contribution in [0.15, 0.2) is 70.9 Å². The topological polar surface area (TPSA) is 69.5 Å². The lowest BCUT2D eigenvalue weighted by Crippen LogP contribution is -2.06. The van der Waals surface area contributed by atoms with Gasteiger partial charge in [-0.25, -0.2) is 4.79 Å². The molecule has 0 aliphatic rings. The maximum Gasteiger partial charge on any atom is 0.333 e. The summed E-state index contributed by atoms with van der Waals surface area (Å²) in [6, 6.07) is 15.0. The molecule has 0 aliphatic carbocycles. The molecule has 0 aromatic heterocycles. The highest BCUT2D eigenvalue weighted by molar-refractivity contribution is 5.86. The van der Waals surface area contributed by atoms with E-state index < -0.39 is 0 Å². The third-order valence-electron chi connectivity index (χ3n) is 4.08. The number of carbonyl (C=O) groups is 1. The fourth-order valence-corrected chi connectivity index (χ4v) is 2.47. The molecule has 0 heterocycles. The minimum atomic E-state index is -0.320. The number of methoxy groups -OCH3 is 1. The van der Waals surface area contributed by atoms with E-state index in [1.54, 1.807) is 14.0 Å². The number of carbonyl (C=O) groups excluding carboxylic acids is 1. The van der Waals surface area contributed by atoms with E-state index in [0.717, 1.165) is 37.1 Å². The van der Waals surface area contributed by atoms with Gasteiger partial charge in [-0.15, -0.1) is 5.11 Å². The molecule has 2 aromatic carbocycles. The lowest BCUT2D eigenvalue weighted by atomic mass is 10.2. The van der Waals surface area contributed by atoms with Gasteiger partial charge in [0.25, 0.3) is 0 Å². The quantitative estimate of drug-likeness (QED) is 0.186. The summed E-state index contributed by atoms with van der Waals surface area (Å²) in [7, 11) is 1.61. The number of azo groups is 1. The van der Waals surface area contributed by atoms with E-state index in [4.69, 9.17) is 14.2 Å². The van der Waals surface area contributed by atoms with Crippen molar-refractivity contribution in [1.82, 2.24) is 0 Å². The van der Waals surface area contributed by atoms with Crippen molar-refractivity contribution in [3.63, 3.8) is 0 Å². The van der Waals surface area contributed by atoms with E-state index in [9.17, 15) is 4.79 Å². The van der Waals surface area contributed by atoms with Crippen molar-refractivity contribution in [2.45, 2.75) is 32.6 Å². The summed E-state index contributed by atoms with van der Waals surface area (Å²) >= 11 is 0. The van der Waals surface area contributed by atoms with Crippen molar-refractivity contribution < 1.29 is 19.0 Å². The zero-order chi connectivity index (χ0) is 20.9. The highest BCUT2D eigenvalue weighted by Crippen LogP contribution is 2.28. The molecule has 0 N–H and O–H groups in total. The van der Waals surface area contributed by atoms with Crippen molar-refractivity contribution in [1.29, 1.82) is 0 Å². The Balaban J connectivity index is 1.65. The Hall–Kier alpha value is -3.15. The number of esters is 1. The molecule has 29 heavy (non-hydrogen) atoms. The highest BCUT2D eigenvalue weighted by Gasteiger charge is 2.02. The van der Waals surface area contributed by atoms with Crippen LogP contribution in [0.3, 0.4) is 0 Å². The van der Waals surface area contributed by atoms with Gasteiger partial charge < -0.3 is 14.2 Å². The predicted octanol–water partition coefficient (Wildman–Crippen LogP) is 6.17. The van der Waals surface area contributed by atoms with Crippen LogP contribution in [0.25, 0.3) is 0 Å². The Morgan fingerprint density at radius 1 is 0.931 bits per heavy atom. The minimum Gasteiger partial charge on any atom is -0.494 e. The van der Waals surface area contributed by atoms with E-state index in [1.807, 2.05) is 48.5 Å². The van der Waals surface area contributed by atoms with E-state index in [-0.39, 0.29) is 5.97 Å². The van der Waals surface area contributed by atoms with Crippen LogP contribution in [0.2, 0.25) is 0 Å². The summed E-state index contributed by atoms with van der Waals surface area (Å²) in [5.74, 6) is 1.17. The van der Waals surface area contributed by atoms with Gasteiger partial charge in [-0.1, -0.05) is 18.7 Å². The van der Waals surface area contributed by atoms with Crippen LogP contribution < -0.4 is 9.47 Å². The fraction of sp³-hybridized carbons (Fsp3) is 0.348. The van der Waals surface area contributed by atoms with Gasteiger partial charge in [0.1, 0.15) is 17.2 Å². The van der Waals surface area contributed by atoms with Gasteiger partial charge >= 0.3 is 5.97 Å². The molecule has 0 amide bonds. The maximum absolute atomic E-state index is 11.2. The minimum absolute atomic E-state index is 0.320. The van der Waals surface area contributed by atoms with Crippen LogP contribution in [-0.2, 0) is 9.53 Å². The van der Waals surface area contributed by atoms with Crippen LogP contribution in [0.1, 0.15) is 32.6 Å². The molecule has 2 aromatic rings. The van der Waals surface area contributed by atoms with Crippen molar-refractivity contribution in [3.8, 4) is 11.5 Å². The number of hydrogen-bond acceptors (Lipinski definition) is 6. The SMILES string of the molecule is C=C(C)C(=O)OCCCCCCOc1ccc(N=Nc2ccccc2OC)cc1. The molecular formula is C23H28N2O4. The van der Waals surface area contributed by atoms with E-state index in [1.165, 1.54) is 0 Å². The summed E-state index contributed by atoms with van der Waals surface area (Å²) in [6.07, 6.45) is 3.82. The summed E-state index contributed by atoms with van der Waals surface area (Å²) in [4.78, 5) is 11.2. The Bertz CT molecular complexity index is 816. The Morgan fingerprint density at radius 3 is 2.31 bits per heavy atom. The second-order valence-electron chi connectivity index (χ2n) is 6.54. The third kappa shape index (κ3) is 8.17. The Morgan fingerprint density at radius 2 is 1.62 bits per heavy atom. The molecule has 0 atom stereocenters. The van der Waals surface area contributed by atoms with Crippen molar-refractivity contribution in [3.05, 3.63) is 60.7 Å². The normalized spacial score (nSPS) is 10.7. The van der Waals surface area contributed by atoms with Crippen molar-refractivity contribution >= 4 is 17.3 Å². The van der Waals surface area contributed by atoms with Gasteiger partial charge in [0.05, 0.1) is 26.0 Å². The average molecular weight is 396 g/mol. The second kappa shape index (κ2) is 12.3. The smallest absolute Gasteiger partial charge is 0.333 e.